The van der Waals surface area contributed by atoms with E-state index in [-0.39, 0.29) is 12.3 Å². The number of carbonyl (C=O) groups is 1. The number of hydrogen-bond acceptors (Lipinski definition) is 4. The number of hydrogen-bond donors (Lipinski definition) is 1. The van der Waals surface area contributed by atoms with Gasteiger partial charge in [-0.15, -0.1) is 0 Å². The number of methoxy groups -OCH3 is 2. The number of Topliss-reactive ketones (excluding diaryl/α,β-unsaturated/α-hetero) is 1. The quantitative estimate of drug-likeness (QED) is 0.756. The molecule has 0 fully saturated rings. The van der Waals surface area contributed by atoms with Crippen molar-refractivity contribution in [2.75, 3.05) is 20.8 Å². The van der Waals surface area contributed by atoms with E-state index in [9.17, 15) is 4.79 Å². The first-order valence-corrected chi connectivity index (χ1v) is 4.60. The van der Waals surface area contributed by atoms with Gasteiger partial charge in [0.15, 0.2) is 5.78 Å². The van der Waals surface area contributed by atoms with E-state index < -0.39 is 0 Å². The number of nitrogens with two attached hydrogens (primary N) is 1. The molecule has 4 nitrogen and oxygen atoms in total. The minimum absolute atomic E-state index is 0.0167. The summed E-state index contributed by atoms with van der Waals surface area (Å²) in [4.78, 5) is 11.5. The molecule has 0 unspecified atom stereocenters. The third-order valence-electron chi connectivity index (χ3n) is 2.27. The fourth-order valence-corrected chi connectivity index (χ4v) is 1.39. The first kappa shape index (κ1) is 11.5. The molecule has 0 spiro atoms. The molecule has 0 saturated carbocycles. The van der Waals surface area contributed by atoms with Crippen LogP contribution >= 0.6 is 0 Å². The van der Waals surface area contributed by atoms with Gasteiger partial charge in [-0.1, -0.05) is 0 Å². The van der Waals surface area contributed by atoms with E-state index in [4.69, 9.17) is 15.2 Å². The molecule has 0 aliphatic rings. The van der Waals surface area contributed by atoms with Gasteiger partial charge in [0.2, 0.25) is 0 Å². The van der Waals surface area contributed by atoms with E-state index in [0.29, 0.717) is 17.1 Å². The molecule has 0 saturated heterocycles. The topological polar surface area (TPSA) is 61.5 Å². The van der Waals surface area contributed by atoms with Crippen molar-refractivity contribution in [2.45, 2.75) is 6.92 Å². The SMILES string of the molecule is COc1cc(OC)c(C)c(C(=O)CN)c1. The summed E-state index contributed by atoms with van der Waals surface area (Å²) in [7, 11) is 3.10. The Bertz CT molecular complexity index is 374. The average molecular weight is 209 g/mol. The highest BCUT2D eigenvalue weighted by atomic mass is 16.5. The predicted molar refractivity (Wildman–Crippen MR) is 57.7 cm³/mol. The average Bonchev–Trinajstić information content (AvgIpc) is 2.28. The lowest BCUT2D eigenvalue weighted by atomic mass is 10.0. The highest BCUT2D eigenvalue weighted by Crippen LogP contribution is 2.28. The molecule has 82 valence electrons. The molecule has 4 heteroatoms. The summed E-state index contributed by atoms with van der Waals surface area (Å²) in [5, 5.41) is 0. The summed E-state index contributed by atoms with van der Waals surface area (Å²) < 4.78 is 10.2. The molecule has 0 atom stereocenters. The maximum absolute atomic E-state index is 11.5. The standard InChI is InChI=1S/C11H15NO3/c1-7-9(10(13)6-12)4-8(14-2)5-11(7)15-3/h4-5H,6,12H2,1-3H3. The molecule has 15 heavy (non-hydrogen) atoms. The second-order valence-electron chi connectivity index (χ2n) is 3.13. The molecule has 2 N–H and O–H groups in total. The van der Waals surface area contributed by atoms with Crippen LogP contribution in [0.4, 0.5) is 0 Å². The van der Waals surface area contributed by atoms with Crippen molar-refractivity contribution in [1.82, 2.24) is 0 Å². The van der Waals surface area contributed by atoms with E-state index in [1.807, 2.05) is 6.92 Å². The van der Waals surface area contributed by atoms with E-state index in [1.165, 1.54) is 0 Å². The molecule has 0 aromatic heterocycles. The summed E-state index contributed by atoms with van der Waals surface area (Å²) in [6, 6.07) is 3.41. The third-order valence-corrected chi connectivity index (χ3v) is 2.27. The molecule has 0 aliphatic carbocycles. The zero-order valence-corrected chi connectivity index (χ0v) is 9.16. The van der Waals surface area contributed by atoms with Crippen molar-refractivity contribution in [3.63, 3.8) is 0 Å². The Kier molecular flexibility index (Phi) is 3.68. The van der Waals surface area contributed by atoms with Crippen LogP contribution in [0, 0.1) is 6.92 Å². The van der Waals surface area contributed by atoms with E-state index in [1.54, 1.807) is 26.4 Å². The maximum atomic E-state index is 11.5. The maximum Gasteiger partial charge on any atom is 0.176 e. The Labute approximate surface area is 89.0 Å². The van der Waals surface area contributed by atoms with Crippen LogP contribution in [0.1, 0.15) is 15.9 Å². The molecular weight excluding hydrogens is 194 g/mol. The van der Waals surface area contributed by atoms with Gasteiger partial charge in [0.25, 0.3) is 0 Å². The number of ketones is 1. The molecule has 1 rings (SSSR count). The largest absolute Gasteiger partial charge is 0.497 e. The molecule has 0 bridgehead atoms. The smallest absolute Gasteiger partial charge is 0.176 e. The van der Waals surface area contributed by atoms with E-state index in [0.717, 1.165) is 5.56 Å². The highest BCUT2D eigenvalue weighted by Gasteiger charge is 2.13. The Morgan fingerprint density at radius 1 is 1.33 bits per heavy atom. The first-order valence-electron chi connectivity index (χ1n) is 4.60. The highest BCUT2D eigenvalue weighted by molar-refractivity contribution is 5.99. The summed E-state index contributed by atoms with van der Waals surface area (Å²) in [6.07, 6.45) is 0. The predicted octanol–water partition coefficient (Wildman–Crippen LogP) is 1.15. The first-order chi connectivity index (χ1) is 7.13. The van der Waals surface area contributed by atoms with Gasteiger partial charge in [-0.05, 0) is 13.0 Å². The molecule has 0 amide bonds. The lowest BCUT2D eigenvalue weighted by Gasteiger charge is -2.11. The monoisotopic (exact) mass is 209 g/mol. The number of benzene rings is 1. The summed E-state index contributed by atoms with van der Waals surface area (Å²) >= 11 is 0. The van der Waals surface area contributed by atoms with Gasteiger partial charge in [0.1, 0.15) is 11.5 Å². The second-order valence-corrected chi connectivity index (χ2v) is 3.13. The normalized spacial score (nSPS) is 9.87. The Hall–Kier alpha value is -1.55. The summed E-state index contributed by atoms with van der Waals surface area (Å²) in [5.74, 6) is 1.10. The zero-order valence-electron chi connectivity index (χ0n) is 9.16. The Morgan fingerprint density at radius 2 is 2.00 bits per heavy atom. The molecule has 0 heterocycles. The van der Waals surface area contributed by atoms with Gasteiger partial charge >= 0.3 is 0 Å². The minimum Gasteiger partial charge on any atom is -0.497 e. The summed E-state index contributed by atoms with van der Waals surface area (Å²) in [6.45, 7) is 1.80. The molecule has 1 aromatic rings. The number of rotatable bonds is 4. The van der Waals surface area contributed by atoms with Crippen LogP contribution in [-0.2, 0) is 0 Å². The van der Waals surface area contributed by atoms with Crippen LogP contribution in [0.2, 0.25) is 0 Å². The van der Waals surface area contributed by atoms with Gasteiger partial charge < -0.3 is 15.2 Å². The molecular formula is C11H15NO3. The van der Waals surface area contributed by atoms with Gasteiger partial charge in [0.05, 0.1) is 20.8 Å². The second kappa shape index (κ2) is 4.79. The van der Waals surface area contributed by atoms with Crippen molar-refractivity contribution in [3.8, 4) is 11.5 Å². The molecule has 0 aliphatic heterocycles. The minimum atomic E-state index is -0.121. The van der Waals surface area contributed by atoms with Crippen molar-refractivity contribution in [3.05, 3.63) is 23.3 Å². The van der Waals surface area contributed by atoms with Crippen molar-refractivity contribution in [2.24, 2.45) is 5.73 Å². The van der Waals surface area contributed by atoms with Crippen LogP contribution in [0.3, 0.4) is 0 Å². The lowest BCUT2D eigenvalue weighted by Crippen LogP contribution is -2.15. The van der Waals surface area contributed by atoms with Gasteiger partial charge in [-0.2, -0.15) is 0 Å². The van der Waals surface area contributed by atoms with Crippen molar-refractivity contribution in [1.29, 1.82) is 0 Å². The van der Waals surface area contributed by atoms with Gasteiger partial charge in [-0.3, -0.25) is 4.79 Å². The zero-order chi connectivity index (χ0) is 11.4. The van der Waals surface area contributed by atoms with Crippen LogP contribution < -0.4 is 15.2 Å². The van der Waals surface area contributed by atoms with Crippen molar-refractivity contribution >= 4 is 5.78 Å². The Balaban J connectivity index is 3.30. The van der Waals surface area contributed by atoms with Crippen LogP contribution in [0.5, 0.6) is 11.5 Å². The van der Waals surface area contributed by atoms with Crippen molar-refractivity contribution < 1.29 is 14.3 Å². The number of carbonyl (C=O) groups excluding carboxylic acids is 1. The van der Waals surface area contributed by atoms with E-state index >= 15 is 0 Å². The number of ether oxygens (including phenoxy) is 2. The van der Waals surface area contributed by atoms with Crippen LogP contribution in [-0.4, -0.2) is 26.5 Å². The van der Waals surface area contributed by atoms with Crippen LogP contribution in [0.25, 0.3) is 0 Å². The Morgan fingerprint density at radius 3 is 2.47 bits per heavy atom. The lowest BCUT2D eigenvalue weighted by molar-refractivity contribution is 0.1000. The van der Waals surface area contributed by atoms with E-state index in [2.05, 4.69) is 0 Å². The fourth-order valence-electron chi connectivity index (χ4n) is 1.39. The molecule has 1 aromatic carbocycles. The fraction of sp³-hybridized carbons (Fsp3) is 0.364. The van der Waals surface area contributed by atoms with Crippen LogP contribution in [0.15, 0.2) is 12.1 Å². The van der Waals surface area contributed by atoms with Gasteiger partial charge in [-0.25, -0.2) is 0 Å². The summed E-state index contributed by atoms with van der Waals surface area (Å²) in [5.41, 5.74) is 6.66. The third kappa shape index (κ3) is 2.27. The molecule has 0 radical (unpaired) electrons. The van der Waals surface area contributed by atoms with Gasteiger partial charge in [0, 0.05) is 17.2 Å².